The molecule has 0 fully saturated rings. The number of ether oxygens (including phenoxy) is 2. The van der Waals surface area contributed by atoms with Gasteiger partial charge in [0.05, 0.1) is 19.1 Å². The van der Waals surface area contributed by atoms with Crippen LogP contribution in [0.2, 0.25) is 0 Å². The summed E-state index contributed by atoms with van der Waals surface area (Å²) >= 11 is 1.68. The second-order valence-corrected chi connectivity index (χ2v) is 8.05. The molecule has 1 aromatic heterocycles. The van der Waals surface area contributed by atoms with Crippen LogP contribution in [0, 0.1) is 5.92 Å². The van der Waals surface area contributed by atoms with E-state index in [2.05, 4.69) is 13.0 Å². The molecule has 0 spiro atoms. The summed E-state index contributed by atoms with van der Waals surface area (Å²) in [5, 5.41) is 0. The topological polar surface area (TPSA) is 38.8 Å². The van der Waals surface area contributed by atoms with E-state index in [4.69, 9.17) is 9.47 Å². The maximum Gasteiger partial charge on any atom is 0.264 e. The van der Waals surface area contributed by atoms with Crippen LogP contribution >= 0.6 is 11.3 Å². The minimum absolute atomic E-state index is 0.120. The molecule has 0 aliphatic heterocycles. The maximum absolute atomic E-state index is 13.0. The minimum Gasteiger partial charge on any atom is -0.493 e. The molecule has 1 heterocycles. The van der Waals surface area contributed by atoms with Crippen molar-refractivity contribution in [2.45, 2.75) is 39.7 Å². The molecular weight excluding hydrogens is 346 g/mol. The Morgan fingerprint density at radius 2 is 2.00 bits per heavy atom. The molecule has 1 aliphatic rings. The van der Waals surface area contributed by atoms with Crippen LogP contribution in [0.25, 0.3) is 0 Å². The molecular formula is C21H27NO3S. The van der Waals surface area contributed by atoms with Crippen molar-refractivity contribution in [1.82, 2.24) is 4.90 Å². The first-order chi connectivity index (χ1) is 12.5. The van der Waals surface area contributed by atoms with Gasteiger partial charge in [0.1, 0.15) is 0 Å². The number of aryl methyl sites for hydroxylation is 1. The number of nitrogens with zero attached hydrogens (tertiary/aromatic N) is 1. The maximum atomic E-state index is 13.0. The van der Waals surface area contributed by atoms with Crippen LogP contribution in [0.15, 0.2) is 24.3 Å². The van der Waals surface area contributed by atoms with Gasteiger partial charge in [-0.15, -0.1) is 11.3 Å². The van der Waals surface area contributed by atoms with Crippen molar-refractivity contribution in [3.05, 3.63) is 45.1 Å². The number of carbonyl (C=O) groups is 1. The van der Waals surface area contributed by atoms with Gasteiger partial charge in [-0.1, -0.05) is 13.0 Å². The van der Waals surface area contributed by atoms with Crippen molar-refractivity contribution in [2.75, 3.05) is 20.8 Å². The zero-order chi connectivity index (χ0) is 18.7. The Labute approximate surface area is 159 Å². The minimum atomic E-state index is 0.120. The number of benzene rings is 1. The first kappa shape index (κ1) is 18.8. The van der Waals surface area contributed by atoms with Crippen molar-refractivity contribution < 1.29 is 14.3 Å². The highest BCUT2D eigenvalue weighted by atomic mass is 32.1. The van der Waals surface area contributed by atoms with Crippen LogP contribution in [0.3, 0.4) is 0 Å². The lowest BCUT2D eigenvalue weighted by atomic mass is 9.90. The van der Waals surface area contributed by atoms with Crippen molar-refractivity contribution in [3.63, 3.8) is 0 Å². The molecule has 1 amide bonds. The van der Waals surface area contributed by atoms with E-state index in [1.807, 2.05) is 30.0 Å². The Bertz CT molecular complexity index is 784. The molecule has 5 heteroatoms. The third kappa shape index (κ3) is 3.88. The molecule has 1 atom stereocenters. The van der Waals surface area contributed by atoms with E-state index in [-0.39, 0.29) is 5.91 Å². The van der Waals surface area contributed by atoms with Gasteiger partial charge in [-0.05, 0) is 61.4 Å². The Balaban J connectivity index is 1.77. The number of amides is 1. The summed E-state index contributed by atoms with van der Waals surface area (Å²) in [5.41, 5.74) is 2.41. The molecule has 0 radical (unpaired) electrons. The summed E-state index contributed by atoms with van der Waals surface area (Å²) in [7, 11) is 3.25. The highest BCUT2D eigenvalue weighted by Crippen LogP contribution is 2.33. The lowest BCUT2D eigenvalue weighted by molar-refractivity contribution is 0.0757. The van der Waals surface area contributed by atoms with Gasteiger partial charge in [-0.2, -0.15) is 0 Å². The quantitative estimate of drug-likeness (QED) is 0.745. The first-order valence-electron chi connectivity index (χ1n) is 9.17. The van der Waals surface area contributed by atoms with Gasteiger partial charge in [0.25, 0.3) is 5.91 Å². The van der Waals surface area contributed by atoms with Crippen LogP contribution in [0.4, 0.5) is 0 Å². The summed E-state index contributed by atoms with van der Waals surface area (Å²) in [6, 6.07) is 7.93. The second kappa shape index (κ2) is 8.12. The lowest BCUT2D eigenvalue weighted by Gasteiger charge is -2.21. The van der Waals surface area contributed by atoms with Crippen LogP contribution in [0.5, 0.6) is 11.5 Å². The number of thiophene rings is 1. The molecule has 4 nitrogen and oxygen atoms in total. The van der Waals surface area contributed by atoms with Crippen LogP contribution in [0.1, 0.15) is 45.9 Å². The number of fused-ring (bicyclic) bond motifs is 1. The molecule has 0 bridgehead atoms. The SMILES string of the molecule is CCN(Cc1ccc(OC)c(OC)c1)C(=O)c1cc2c(s1)CCC(C)C2. The number of methoxy groups -OCH3 is 2. The van der Waals surface area contributed by atoms with Crippen LogP contribution in [-0.2, 0) is 19.4 Å². The molecule has 2 aromatic rings. The molecule has 0 saturated heterocycles. The predicted octanol–water partition coefficient (Wildman–Crippen LogP) is 4.55. The van der Waals surface area contributed by atoms with Gasteiger partial charge in [0.15, 0.2) is 11.5 Å². The van der Waals surface area contributed by atoms with Gasteiger partial charge in [0.2, 0.25) is 0 Å². The van der Waals surface area contributed by atoms with Crippen molar-refractivity contribution in [2.24, 2.45) is 5.92 Å². The van der Waals surface area contributed by atoms with E-state index in [1.54, 1.807) is 25.6 Å². The van der Waals surface area contributed by atoms with E-state index in [0.717, 1.165) is 23.3 Å². The predicted molar refractivity (Wildman–Crippen MR) is 105 cm³/mol. The van der Waals surface area contributed by atoms with Gasteiger partial charge in [-0.25, -0.2) is 0 Å². The molecule has 0 saturated carbocycles. The number of hydrogen-bond donors (Lipinski definition) is 0. The molecule has 1 unspecified atom stereocenters. The highest BCUT2D eigenvalue weighted by molar-refractivity contribution is 7.14. The standard InChI is InChI=1S/C21H27NO3S/c1-5-22(13-15-7-8-17(24-3)18(11-15)25-4)21(23)20-12-16-10-14(2)6-9-19(16)26-20/h7-8,11-12,14H,5-6,9-10,13H2,1-4H3. The summed E-state index contributed by atoms with van der Waals surface area (Å²) in [6.07, 6.45) is 3.43. The van der Waals surface area contributed by atoms with Crippen molar-refractivity contribution in [1.29, 1.82) is 0 Å². The fourth-order valence-electron chi connectivity index (χ4n) is 3.49. The monoisotopic (exact) mass is 373 g/mol. The Kier molecular flexibility index (Phi) is 5.87. The molecule has 26 heavy (non-hydrogen) atoms. The number of rotatable bonds is 6. The normalized spacial score (nSPS) is 16.1. The molecule has 1 aliphatic carbocycles. The summed E-state index contributed by atoms with van der Waals surface area (Å²) in [4.78, 5) is 17.2. The van der Waals surface area contributed by atoms with E-state index in [0.29, 0.717) is 30.5 Å². The smallest absolute Gasteiger partial charge is 0.264 e. The number of carbonyl (C=O) groups excluding carboxylic acids is 1. The number of hydrogen-bond acceptors (Lipinski definition) is 4. The Morgan fingerprint density at radius 3 is 2.69 bits per heavy atom. The summed E-state index contributed by atoms with van der Waals surface area (Å²) in [5.74, 6) is 2.23. The fraction of sp³-hybridized carbons (Fsp3) is 0.476. The van der Waals surface area contributed by atoms with Crippen LogP contribution in [-0.4, -0.2) is 31.6 Å². The average Bonchev–Trinajstić information content (AvgIpc) is 3.08. The van der Waals surface area contributed by atoms with Crippen molar-refractivity contribution >= 4 is 17.2 Å². The van der Waals surface area contributed by atoms with E-state index in [9.17, 15) is 4.79 Å². The first-order valence-corrected chi connectivity index (χ1v) is 9.99. The average molecular weight is 374 g/mol. The fourth-order valence-corrected chi connectivity index (χ4v) is 4.67. The molecule has 3 rings (SSSR count). The Morgan fingerprint density at radius 1 is 1.23 bits per heavy atom. The van der Waals surface area contributed by atoms with Gasteiger partial charge in [0, 0.05) is 18.0 Å². The second-order valence-electron chi connectivity index (χ2n) is 6.92. The van der Waals surface area contributed by atoms with E-state index >= 15 is 0 Å². The lowest BCUT2D eigenvalue weighted by Crippen LogP contribution is -2.29. The largest absolute Gasteiger partial charge is 0.493 e. The van der Waals surface area contributed by atoms with Gasteiger partial charge < -0.3 is 14.4 Å². The Hall–Kier alpha value is -2.01. The third-order valence-corrected chi connectivity index (χ3v) is 6.26. The molecule has 1 aromatic carbocycles. The zero-order valence-electron chi connectivity index (χ0n) is 16.0. The zero-order valence-corrected chi connectivity index (χ0v) is 16.8. The van der Waals surface area contributed by atoms with Crippen molar-refractivity contribution in [3.8, 4) is 11.5 Å². The summed E-state index contributed by atoms with van der Waals surface area (Å²) < 4.78 is 10.7. The third-order valence-electron chi connectivity index (χ3n) is 5.03. The summed E-state index contributed by atoms with van der Waals surface area (Å²) in [6.45, 7) is 5.55. The molecule has 0 N–H and O–H groups in total. The van der Waals surface area contributed by atoms with Gasteiger partial charge in [-0.3, -0.25) is 4.79 Å². The van der Waals surface area contributed by atoms with Crippen LogP contribution < -0.4 is 9.47 Å². The highest BCUT2D eigenvalue weighted by Gasteiger charge is 2.23. The van der Waals surface area contributed by atoms with Gasteiger partial charge >= 0.3 is 0 Å². The molecule has 140 valence electrons. The van der Waals surface area contributed by atoms with E-state index in [1.165, 1.54) is 16.9 Å². The van der Waals surface area contributed by atoms with E-state index < -0.39 is 0 Å².